The van der Waals surface area contributed by atoms with Crippen LogP contribution in [-0.4, -0.2) is 25.2 Å². The number of hydrogen-bond acceptors (Lipinski definition) is 5. The van der Waals surface area contributed by atoms with E-state index < -0.39 is 5.97 Å². The summed E-state index contributed by atoms with van der Waals surface area (Å²) in [6.07, 6.45) is 7.12. The van der Waals surface area contributed by atoms with Crippen LogP contribution >= 0.6 is 0 Å². The predicted molar refractivity (Wildman–Crippen MR) is 68.8 cm³/mol. The maximum absolute atomic E-state index is 11.6. The number of aryl methyl sites for hydroxylation is 1. The normalized spacial score (nSPS) is 15.9. The first kappa shape index (κ1) is 14.1. The van der Waals surface area contributed by atoms with E-state index in [0.29, 0.717) is 11.6 Å². The molecule has 0 aliphatic heterocycles. The Balaban J connectivity index is 2.01. The lowest BCUT2D eigenvalue weighted by atomic mass is 10.0. The Morgan fingerprint density at radius 2 is 2.11 bits per heavy atom. The molecule has 0 atom stereocenters. The van der Waals surface area contributed by atoms with Crippen LogP contribution in [0, 0.1) is 5.92 Å². The van der Waals surface area contributed by atoms with Gasteiger partial charge in [-0.1, -0.05) is 25.7 Å². The minimum atomic E-state index is -0.494. The van der Waals surface area contributed by atoms with Gasteiger partial charge in [0.15, 0.2) is 5.89 Å². The van der Waals surface area contributed by atoms with Crippen LogP contribution in [0.15, 0.2) is 4.42 Å². The minimum absolute atomic E-state index is 0.172. The van der Waals surface area contributed by atoms with Gasteiger partial charge >= 0.3 is 5.97 Å². The topological polar surface area (TPSA) is 61.6 Å². The number of ether oxygens (including phenoxy) is 2. The van der Waals surface area contributed by atoms with E-state index in [9.17, 15) is 4.79 Å². The van der Waals surface area contributed by atoms with E-state index in [0.717, 1.165) is 18.8 Å². The highest BCUT2D eigenvalue weighted by Gasteiger charge is 2.22. The summed E-state index contributed by atoms with van der Waals surface area (Å²) in [7, 11) is 2.90. The first-order chi connectivity index (χ1) is 9.24. The summed E-state index contributed by atoms with van der Waals surface area (Å²) in [5.41, 5.74) is 0.524. The van der Waals surface area contributed by atoms with Crippen molar-refractivity contribution in [1.82, 2.24) is 4.98 Å². The lowest BCUT2D eigenvalue weighted by Gasteiger charge is -2.05. The van der Waals surface area contributed by atoms with Crippen molar-refractivity contribution in [2.45, 2.75) is 45.1 Å². The van der Waals surface area contributed by atoms with Crippen LogP contribution in [0.4, 0.5) is 0 Å². The number of oxazole rings is 1. The van der Waals surface area contributed by atoms with Crippen molar-refractivity contribution < 1.29 is 18.7 Å². The number of rotatable bonds is 6. The Bertz CT molecular complexity index is 421. The monoisotopic (exact) mass is 267 g/mol. The van der Waals surface area contributed by atoms with Gasteiger partial charge < -0.3 is 13.9 Å². The third-order valence-corrected chi connectivity index (χ3v) is 3.63. The standard InChI is InChI=1S/C14H21NO4/c1-17-9-11-13(14(16)18-2)19-12(15-11)8-7-10-5-3-4-6-10/h10H,3-9H2,1-2H3. The van der Waals surface area contributed by atoms with Crippen LogP contribution in [0.1, 0.15) is 54.2 Å². The second kappa shape index (κ2) is 6.70. The number of methoxy groups -OCH3 is 2. The van der Waals surface area contributed by atoms with E-state index in [2.05, 4.69) is 9.72 Å². The molecule has 1 aliphatic rings. The molecule has 1 aliphatic carbocycles. The summed E-state index contributed by atoms with van der Waals surface area (Å²) in [5, 5.41) is 0. The molecule has 0 radical (unpaired) electrons. The largest absolute Gasteiger partial charge is 0.463 e. The van der Waals surface area contributed by atoms with E-state index in [4.69, 9.17) is 9.15 Å². The average molecular weight is 267 g/mol. The fourth-order valence-electron chi connectivity index (χ4n) is 2.62. The number of esters is 1. The molecule has 0 N–H and O–H groups in total. The Labute approximate surface area is 113 Å². The Morgan fingerprint density at radius 3 is 2.74 bits per heavy atom. The van der Waals surface area contributed by atoms with Crippen molar-refractivity contribution in [2.75, 3.05) is 14.2 Å². The van der Waals surface area contributed by atoms with E-state index in [1.165, 1.54) is 32.8 Å². The molecule has 0 unspecified atom stereocenters. The van der Waals surface area contributed by atoms with E-state index >= 15 is 0 Å². The zero-order chi connectivity index (χ0) is 13.7. The van der Waals surface area contributed by atoms with Crippen molar-refractivity contribution in [3.05, 3.63) is 17.3 Å². The molecule has 19 heavy (non-hydrogen) atoms. The summed E-state index contributed by atoms with van der Waals surface area (Å²) in [4.78, 5) is 15.9. The van der Waals surface area contributed by atoms with Gasteiger partial charge in [0.25, 0.3) is 0 Å². The van der Waals surface area contributed by atoms with E-state index in [-0.39, 0.29) is 12.4 Å². The SMILES string of the molecule is COCc1nc(CCC2CCCC2)oc1C(=O)OC. The molecule has 1 fully saturated rings. The van der Waals surface area contributed by atoms with Crippen LogP contribution in [0.25, 0.3) is 0 Å². The van der Waals surface area contributed by atoms with Gasteiger partial charge in [-0.05, 0) is 12.3 Å². The number of aromatic nitrogens is 1. The number of carbonyl (C=O) groups is 1. The van der Waals surface area contributed by atoms with Crippen molar-refractivity contribution in [3.8, 4) is 0 Å². The lowest BCUT2D eigenvalue weighted by Crippen LogP contribution is -2.04. The Kier molecular flexibility index (Phi) is 4.96. The van der Waals surface area contributed by atoms with Crippen LogP contribution in [0.5, 0.6) is 0 Å². The van der Waals surface area contributed by atoms with E-state index in [1.54, 1.807) is 7.11 Å². The second-order valence-electron chi connectivity index (χ2n) is 5.00. The number of hydrogen-bond donors (Lipinski definition) is 0. The second-order valence-corrected chi connectivity index (χ2v) is 5.00. The molecule has 106 valence electrons. The molecule has 2 rings (SSSR count). The highest BCUT2D eigenvalue weighted by Crippen LogP contribution is 2.29. The zero-order valence-electron chi connectivity index (χ0n) is 11.6. The maximum atomic E-state index is 11.6. The molecule has 0 bridgehead atoms. The van der Waals surface area contributed by atoms with Crippen LogP contribution in [-0.2, 0) is 22.5 Å². The fourth-order valence-corrected chi connectivity index (χ4v) is 2.62. The van der Waals surface area contributed by atoms with Gasteiger partial charge in [0.2, 0.25) is 5.76 Å². The third-order valence-electron chi connectivity index (χ3n) is 3.63. The van der Waals surface area contributed by atoms with Crippen LogP contribution in [0.2, 0.25) is 0 Å². The van der Waals surface area contributed by atoms with Gasteiger partial charge in [-0.25, -0.2) is 9.78 Å². The molecule has 1 aromatic heterocycles. The summed E-state index contributed by atoms with van der Waals surface area (Å²) in [6.45, 7) is 0.261. The number of nitrogens with zero attached hydrogens (tertiary/aromatic N) is 1. The summed E-state index contributed by atoms with van der Waals surface area (Å²) < 4.78 is 15.2. The fraction of sp³-hybridized carbons (Fsp3) is 0.714. The first-order valence-electron chi connectivity index (χ1n) is 6.80. The van der Waals surface area contributed by atoms with Crippen molar-refractivity contribution in [1.29, 1.82) is 0 Å². The zero-order valence-corrected chi connectivity index (χ0v) is 11.6. The summed E-state index contributed by atoms with van der Waals surface area (Å²) in [6, 6.07) is 0. The van der Waals surface area contributed by atoms with Gasteiger partial charge in [0, 0.05) is 13.5 Å². The minimum Gasteiger partial charge on any atom is -0.463 e. The lowest BCUT2D eigenvalue weighted by molar-refractivity contribution is 0.0556. The first-order valence-corrected chi connectivity index (χ1v) is 6.80. The molecule has 0 aromatic carbocycles. The van der Waals surface area contributed by atoms with Gasteiger partial charge in [-0.15, -0.1) is 0 Å². The predicted octanol–water partition coefficient (Wildman–Crippen LogP) is 2.73. The average Bonchev–Trinajstić information content (AvgIpc) is 3.05. The van der Waals surface area contributed by atoms with Gasteiger partial charge in [-0.2, -0.15) is 0 Å². The quantitative estimate of drug-likeness (QED) is 0.742. The number of carbonyl (C=O) groups excluding carboxylic acids is 1. The molecular formula is C14H21NO4. The van der Waals surface area contributed by atoms with Crippen LogP contribution < -0.4 is 0 Å². The Morgan fingerprint density at radius 1 is 1.37 bits per heavy atom. The molecule has 5 heteroatoms. The molecule has 0 saturated heterocycles. The molecule has 5 nitrogen and oxygen atoms in total. The van der Waals surface area contributed by atoms with Crippen LogP contribution in [0.3, 0.4) is 0 Å². The van der Waals surface area contributed by atoms with Gasteiger partial charge in [-0.3, -0.25) is 0 Å². The molecule has 1 saturated carbocycles. The van der Waals surface area contributed by atoms with Crippen molar-refractivity contribution in [2.24, 2.45) is 5.92 Å². The third kappa shape index (κ3) is 3.56. The molecular weight excluding hydrogens is 246 g/mol. The van der Waals surface area contributed by atoms with Crippen molar-refractivity contribution in [3.63, 3.8) is 0 Å². The highest BCUT2D eigenvalue weighted by molar-refractivity contribution is 5.87. The van der Waals surface area contributed by atoms with Gasteiger partial charge in [0.1, 0.15) is 5.69 Å². The highest BCUT2D eigenvalue weighted by atomic mass is 16.5. The van der Waals surface area contributed by atoms with E-state index in [1.807, 2.05) is 0 Å². The molecule has 1 heterocycles. The molecule has 0 spiro atoms. The maximum Gasteiger partial charge on any atom is 0.376 e. The van der Waals surface area contributed by atoms with Crippen molar-refractivity contribution >= 4 is 5.97 Å². The Hall–Kier alpha value is -1.36. The molecule has 0 amide bonds. The summed E-state index contributed by atoms with van der Waals surface area (Å²) >= 11 is 0. The molecule has 1 aromatic rings. The summed E-state index contributed by atoms with van der Waals surface area (Å²) in [5.74, 6) is 1.07. The van der Waals surface area contributed by atoms with Gasteiger partial charge in [0.05, 0.1) is 13.7 Å². The smallest absolute Gasteiger partial charge is 0.376 e.